The van der Waals surface area contributed by atoms with Gasteiger partial charge in [0.25, 0.3) is 0 Å². The molecule has 0 spiro atoms. The molecule has 0 aliphatic rings. The minimum atomic E-state index is -1.79. The van der Waals surface area contributed by atoms with Crippen molar-refractivity contribution in [3.8, 4) is 0 Å². The van der Waals surface area contributed by atoms with Crippen LogP contribution in [0.1, 0.15) is 0 Å². The van der Waals surface area contributed by atoms with Gasteiger partial charge in [-0.05, 0) is 42.5 Å². The smallest absolute Gasteiger partial charge is 0.179 e. The second-order valence-electron chi connectivity index (χ2n) is 7.67. The first kappa shape index (κ1) is 17.4. The Balaban J connectivity index is 1.83. The van der Waals surface area contributed by atoms with E-state index in [4.69, 9.17) is 5.22 Å². The highest BCUT2D eigenvalue weighted by Crippen LogP contribution is 2.32. The Bertz CT molecular complexity index is 1120. The topological polar surface area (TPSA) is 28.0 Å². The van der Waals surface area contributed by atoms with E-state index in [0.717, 1.165) is 16.8 Å². The number of fused-ring (bicyclic) bond motifs is 2. The lowest BCUT2D eigenvalue weighted by molar-refractivity contribution is 1.01. The van der Waals surface area contributed by atoms with E-state index in [2.05, 4.69) is 90.1 Å². The zero-order chi connectivity index (χ0) is 18.9. The monoisotopic (exact) mass is 369 g/mol. The lowest BCUT2D eigenvalue weighted by Crippen LogP contribution is -2.42. The Morgan fingerprint density at radius 1 is 0.630 bits per heavy atom. The van der Waals surface area contributed by atoms with E-state index in [1.807, 2.05) is 24.3 Å². The highest BCUT2D eigenvalue weighted by Gasteiger charge is 2.26. The highest BCUT2D eigenvalue weighted by molar-refractivity contribution is 6.79. The molecule has 0 atom stereocenters. The van der Waals surface area contributed by atoms with Crippen molar-refractivity contribution in [2.75, 3.05) is 4.67 Å². The molecule has 0 aromatic heterocycles. The molecule has 0 aliphatic carbocycles. The van der Waals surface area contributed by atoms with Crippen LogP contribution < -0.4 is 4.67 Å². The van der Waals surface area contributed by atoms with Crippen LogP contribution in [-0.2, 0) is 0 Å². The average Bonchev–Trinajstić information content (AvgIpc) is 2.67. The molecule has 0 bridgehead atoms. The summed E-state index contributed by atoms with van der Waals surface area (Å²) in [6.45, 7) is 6.87. The Hall–Kier alpha value is -2.98. The predicted octanol–water partition coefficient (Wildman–Crippen LogP) is 7.33. The van der Waals surface area contributed by atoms with Crippen molar-refractivity contribution in [2.45, 2.75) is 19.6 Å². The summed E-state index contributed by atoms with van der Waals surface area (Å²) in [6, 6.07) is 29.3. The van der Waals surface area contributed by atoms with Crippen molar-refractivity contribution in [1.82, 2.24) is 0 Å². The fourth-order valence-corrected chi connectivity index (χ4v) is 4.56. The third-order valence-corrected chi connectivity index (χ3v) is 6.24. The summed E-state index contributed by atoms with van der Waals surface area (Å²) in [7, 11) is -1.79. The first-order chi connectivity index (χ1) is 13.0. The maximum absolute atomic E-state index is 4.76. The van der Waals surface area contributed by atoms with Crippen LogP contribution in [0.15, 0.2) is 95.3 Å². The summed E-state index contributed by atoms with van der Waals surface area (Å²) in [5.74, 6) is 0. The zero-order valence-electron chi connectivity index (χ0n) is 15.9. The van der Waals surface area contributed by atoms with Crippen molar-refractivity contribution in [1.29, 1.82) is 0 Å². The van der Waals surface area contributed by atoms with Gasteiger partial charge in [-0.25, -0.2) is 0 Å². The Morgan fingerprint density at radius 3 is 1.89 bits per heavy atom. The average molecular weight is 370 g/mol. The fraction of sp³-hybridized carbons (Fsp3) is 0.130. The van der Waals surface area contributed by atoms with Gasteiger partial charge in [0.2, 0.25) is 0 Å². The van der Waals surface area contributed by atoms with E-state index in [0.29, 0.717) is 0 Å². The van der Waals surface area contributed by atoms with Crippen LogP contribution >= 0.6 is 0 Å². The molecule has 4 aromatic carbocycles. The SMILES string of the molecule is C[Si](C)(C)N(N=Nc1cccc2ccccc12)c1cccc2ccccc12. The molecule has 27 heavy (non-hydrogen) atoms. The molecule has 0 heterocycles. The van der Waals surface area contributed by atoms with Crippen molar-refractivity contribution in [3.05, 3.63) is 84.9 Å². The molecule has 4 aromatic rings. The summed E-state index contributed by atoms with van der Waals surface area (Å²) in [5.41, 5.74) is 2.02. The van der Waals surface area contributed by atoms with Crippen LogP contribution in [0, 0.1) is 0 Å². The number of anilines is 1. The van der Waals surface area contributed by atoms with Gasteiger partial charge in [0, 0.05) is 10.8 Å². The van der Waals surface area contributed by atoms with Gasteiger partial charge in [-0.2, -0.15) is 0 Å². The first-order valence-corrected chi connectivity index (χ1v) is 12.7. The van der Waals surface area contributed by atoms with Gasteiger partial charge in [0.15, 0.2) is 8.24 Å². The van der Waals surface area contributed by atoms with E-state index in [1.165, 1.54) is 16.2 Å². The maximum Gasteiger partial charge on any atom is 0.179 e. The van der Waals surface area contributed by atoms with Crippen LogP contribution in [0.5, 0.6) is 0 Å². The van der Waals surface area contributed by atoms with Crippen molar-refractivity contribution < 1.29 is 0 Å². The zero-order valence-corrected chi connectivity index (χ0v) is 16.9. The van der Waals surface area contributed by atoms with Crippen LogP contribution in [0.3, 0.4) is 0 Å². The molecule has 0 unspecified atom stereocenters. The number of rotatable bonds is 4. The lowest BCUT2D eigenvalue weighted by Gasteiger charge is -2.31. The quantitative estimate of drug-likeness (QED) is 0.210. The highest BCUT2D eigenvalue weighted by atomic mass is 28.3. The standard InChI is InChI=1S/C23H23N3Si/c1-27(2,3)26(23-17-9-13-19-11-5-7-15-21(19)23)25-24-22-16-8-12-18-10-4-6-14-20(18)22/h4-17H,1-3H3. The molecular formula is C23H23N3Si. The molecule has 0 radical (unpaired) electrons. The molecule has 4 rings (SSSR count). The molecule has 0 fully saturated rings. The summed E-state index contributed by atoms with van der Waals surface area (Å²) < 4.78 is 2.15. The first-order valence-electron chi connectivity index (χ1n) is 9.21. The van der Waals surface area contributed by atoms with Gasteiger partial charge in [0.05, 0.1) is 11.4 Å². The summed E-state index contributed by atoms with van der Waals surface area (Å²) in [4.78, 5) is 0. The second kappa shape index (κ2) is 6.97. The van der Waals surface area contributed by atoms with Gasteiger partial charge < -0.3 is 0 Å². The molecule has 0 N–H and O–H groups in total. The molecule has 4 heteroatoms. The van der Waals surface area contributed by atoms with Gasteiger partial charge >= 0.3 is 0 Å². The minimum absolute atomic E-state index is 0.900. The summed E-state index contributed by atoms with van der Waals surface area (Å²) in [6.07, 6.45) is 0. The molecule has 134 valence electrons. The Labute approximate surface area is 161 Å². The Kier molecular flexibility index (Phi) is 4.50. The van der Waals surface area contributed by atoms with Crippen LogP contribution in [-0.4, -0.2) is 8.24 Å². The fourth-order valence-electron chi connectivity index (χ4n) is 3.33. The summed E-state index contributed by atoms with van der Waals surface area (Å²) >= 11 is 0. The maximum atomic E-state index is 4.76. The van der Waals surface area contributed by atoms with E-state index in [-0.39, 0.29) is 0 Å². The summed E-state index contributed by atoms with van der Waals surface area (Å²) in [5, 5.41) is 14.2. The molecule has 0 saturated heterocycles. The molecule has 0 amide bonds. The second-order valence-corrected chi connectivity index (χ2v) is 12.4. The lowest BCUT2D eigenvalue weighted by atomic mass is 10.1. The van der Waals surface area contributed by atoms with Gasteiger partial charge in [-0.1, -0.05) is 78.0 Å². The molecule has 3 nitrogen and oxygen atoms in total. The Morgan fingerprint density at radius 2 is 1.19 bits per heavy atom. The van der Waals surface area contributed by atoms with Gasteiger partial charge in [-0.15, -0.1) is 5.11 Å². The molecule has 0 aliphatic heterocycles. The number of hydrogen-bond donors (Lipinski definition) is 0. The van der Waals surface area contributed by atoms with Crippen molar-refractivity contribution in [2.24, 2.45) is 10.3 Å². The number of nitrogens with zero attached hydrogens (tertiary/aromatic N) is 3. The predicted molar refractivity (Wildman–Crippen MR) is 118 cm³/mol. The van der Waals surface area contributed by atoms with Crippen molar-refractivity contribution >= 4 is 41.2 Å². The molecular weight excluding hydrogens is 346 g/mol. The minimum Gasteiger partial charge on any atom is -0.276 e. The van der Waals surface area contributed by atoms with E-state index in [9.17, 15) is 0 Å². The van der Waals surface area contributed by atoms with Crippen LogP contribution in [0.4, 0.5) is 11.4 Å². The van der Waals surface area contributed by atoms with Crippen molar-refractivity contribution in [3.63, 3.8) is 0 Å². The van der Waals surface area contributed by atoms with E-state index >= 15 is 0 Å². The van der Waals surface area contributed by atoms with Gasteiger partial charge in [-0.3, -0.25) is 4.67 Å². The largest absolute Gasteiger partial charge is 0.276 e. The number of benzene rings is 4. The molecule has 0 saturated carbocycles. The van der Waals surface area contributed by atoms with E-state index in [1.54, 1.807) is 0 Å². The third kappa shape index (κ3) is 3.48. The van der Waals surface area contributed by atoms with Gasteiger partial charge in [0.1, 0.15) is 0 Å². The number of hydrogen-bond acceptors (Lipinski definition) is 2. The van der Waals surface area contributed by atoms with E-state index < -0.39 is 8.24 Å². The normalized spacial score (nSPS) is 12.1. The van der Waals surface area contributed by atoms with Crippen LogP contribution in [0.2, 0.25) is 19.6 Å². The third-order valence-electron chi connectivity index (χ3n) is 4.64. The van der Waals surface area contributed by atoms with Crippen LogP contribution in [0.25, 0.3) is 21.5 Å².